The van der Waals surface area contributed by atoms with E-state index in [1.165, 1.54) is 70.9 Å². The average Bonchev–Trinajstić information content (AvgIpc) is 2.72. The molecule has 2 rings (SSSR count). The molecule has 0 unspecified atom stereocenters. The second-order valence-corrected chi connectivity index (χ2v) is 5.31. The maximum atomic E-state index is 3.70. The van der Waals surface area contributed by atoms with Crippen LogP contribution in [0.4, 0.5) is 0 Å². The van der Waals surface area contributed by atoms with Gasteiger partial charge in [0.25, 0.3) is 0 Å². The van der Waals surface area contributed by atoms with Crippen LogP contribution in [0.5, 0.6) is 0 Å². The predicted octanol–water partition coefficient (Wildman–Crippen LogP) is 3.35. The van der Waals surface area contributed by atoms with Crippen molar-refractivity contribution in [3.63, 3.8) is 0 Å². The highest BCUT2D eigenvalue weighted by Gasteiger charge is 2.16. The second kappa shape index (κ2) is 5.75. The van der Waals surface area contributed by atoms with Crippen molar-refractivity contribution >= 4 is 0 Å². The van der Waals surface area contributed by atoms with Crippen molar-refractivity contribution in [1.82, 2.24) is 5.32 Å². The lowest BCUT2D eigenvalue weighted by Gasteiger charge is -2.22. The third-order valence-corrected chi connectivity index (χ3v) is 4.07. The van der Waals surface area contributed by atoms with Gasteiger partial charge in [-0.2, -0.15) is 0 Å². The van der Waals surface area contributed by atoms with E-state index in [0.717, 1.165) is 11.8 Å². The molecule has 0 radical (unpaired) electrons. The van der Waals surface area contributed by atoms with Crippen molar-refractivity contribution in [2.24, 2.45) is 11.8 Å². The highest BCUT2D eigenvalue weighted by molar-refractivity contribution is 4.72. The molecular weight excluding hydrogens is 170 g/mol. The minimum absolute atomic E-state index is 1.00. The topological polar surface area (TPSA) is 12.0 Å². The molecule has 0 amide bonds. The fourth-order valence-electron chi connectivity index (χ4n) is 3.10. The van der Waals surface area contributed by atoms with Gasteiger partial charge in [-0.15, -0.1) is 0 Å². The van der Waals surface area contributed by atoms with Crippen LogP contribution in [0.25, 0.3) is 0 Å². The molecule has 0 aliphatic heterocycles. The van der Waals surface area contributed by atoms with Crippen LogP contribution in [0.3, 0.4) is 0 Å². The van der Waals surface area contributed by atoms with Crippen LogP contribution in [-0.4, -0.2) is 13.1 Å². The van der Waals surface area contributed by atoms with Crippen molar-refractivity contribution < 1.29 is 0 Å². The summed E-state index contributed by atoms with van der Waals surface area (Å²) in [5.74, 6) is 2.02. The van der Waals surface area contributed by atoms with Gasteiger partial charge in [-0.1, -0.05) is 32.1 Å². The first kappa shape index (κ1) is 10.5. The van der Waals surface area contributed by atoms with Gasteiger partial charge in [0.05, 0.1) is 0 Å². The summed E-state index contributed by atoms with van der Waals surface area (Å²) in [7, 11) is 0. The van der Waals surface area contributed by atoms with Crippen LogP contribution in [0.1, 0.15) is 57.8 Å². The Morgan fingerprint density at radius 1 is 0.643 bits per heavy atom. The van der Waals surface area contributed by atoms with Crippen molar-refractivity contribution in [2.45, 2.75) is 57.8 Å². The molecule has 0 atom stereocenters. The summed E-state index contributed by atoms with van der Waals surface area (Å²) < 4.78 is 0. The van der Waals surface area contributed by atoms with E-state index in [1.807, 2.05) is 0 Å². The van der Waals surface area contributed by atoms with E-state index in [-0.39, 0.29) is 0 Å². The molecule has 0 aromatic heterocycles. The van der Waals surface area contributed by atoms with Gasteiger partial charge in [-0.25, -0.2) is 0 Å². The third-order valence-electron chi connectivity index (χ3n) is 4.07. The van der Waals surface area contributed by atoms with Crippen LogP contribution in [-0.2, 0) is 0 Å². The predicted molar refractivity (Wildman–Crippen MR) is 61.4 cm³/mol. The summed E-state index contributed by atoms with van der Waals surface area (Å²) >= 11 is 0. The Balaban J connectivity index is 1.52. The molecule has 0 aromatic rings. The van der Waals surface area contributed by atoms with Gasteiger partial charge in [-0.05, 0) is 50.6 Å². The lowest BCUT2D eigenvalue weighted by atomic mass is 9.89. The van der Waals surface area contributed by atoms with Gasteiger partial charge in [0.15, 0.2) is 0 Å². The summed E-state index contributed by atoms with van der Waals surface area (Å²) in [4.78, 5) is 0. The average molecular weight is 195 g/mol. The quantitative estimate of drug-likeness (QED) is 0.725. The molecule has 82 valence electrons. The maximum Gasteiger partial charge on any atom is -0.00204 e. The van der Waals surface area contributed by atoms with E-state index in [9.17, 15) is 0 Å². The Morgan fingerprint density at radius 2 is 1.07 bits per heavy atom. The second-order valence-electron chi connectivity index (χ2n) is 5.31. The van der Waals surface area contributed by atoms with Gasteiger partial charge in [0, 0.05) is 0 Å². The zero-order valence-electron chi connectivity index (χ0n) is 9.43. The number of rotatable bonds is 4. The summed E-state index contributed by atoms with van der Waals surface area (Å²) in [6, 6.07) is 0. The first-order valence-electron chi connectivity index (χ1n) is 6.66. The first-order chi connectivity index (χ1) is 6.95. The molecule has 1 heteroatoms. The van der Waals surface area contributed by atoms with Crippen molar-refractivity contribution in [1.29, 1.82) is 0 Å². The minimum atomic E-state index is 1.00. The number of hydrogen-bond donors (Lipinski definition) is 1. The third kappa shape index (κ3) is 3.27. The van der Waals surface area contributed by atoms with Crippen LogP contribution in [0.15, 0.2) is 0 Å². The zero-order chi connectivity index (χ0) is 9.64. The molecule has 0 saturated heterocycles. The van der Waals surface area contributed by atoms with Crippen LogP contribution in [0, 0.1) is 11.8 Å². The largest absolute Gasteiger partial charge is 0.316 e. The molecule has 0 aromatic carbocycles. The van der Waals surface area contributed by atoms with E-state index in [2.05, 4.69) is 5.32 Å². The molecular formula is C13H25N. The molecule has 0 bridgehead atoms. The Bertz CT molecular complexity index is 143. The highest BCUT2D eigenvalue weighted by atomic mass is 14.9. The van der Waals surface area contributed by atoms with Crippen LogP contribution in [0.2, 0.25) is 0 Å². The van der Waals surface area contributed by atoms with E-state index in [0.29, 0.717) is 0 Å². The van der Waals surface area contributed by atoms with Crippen LogP contribution >= 0.6 is 0 Å². The minimum Gasteiger partial charge on any atom is -0.316 e. The standard InChI is InChI=1S/C13H25N/c1-2-6-12(7-3-1)10-14-11-13-8-4-5-9-13/h12-14H,1-11H2. The summed E-state index contributed by atoms with van der Waals surface area (Å²) in [6.07, 6.45) is 13.3. The fraction of sp³-hybridized carbons (Fsp3) is 1.00. The smallest absolute Gasteiger partial charge is 0.00204 e. The molecule has 2 aliphatic carbocycles. The molecule has 2 saturated carbocycles. The molecule has 0 spiro atoms. The Kier molecular flexibility index (Phi) is 4.30. The van der Waals surface area contributed by atoms with E-state index < -0.39 is 0 Å². The number of nitrogens with one attached hydrogen (secondary N) is 1. The highest BCUT2D eigenvalue weighted by Crippen LogP contribution is 2.25. The number of hydrogen-bond acceptors (Lipinski definition) is 1. The van der Waals surface area contributed by atoms with Crippen molar-refractivity contribution in [3.05, 3.63) is 0 Å². The van der Waals surface area contributed by atoms with Crippen molar-refractivity contribution in [2.75, 3.05) is 13.1 Å². The Labute approximate surface area is 88.7 Å². The fourth-order valence-corrected chi connectivity index (χ4v) is 3.10. The summed E-state index contributed by atoms with van der Waals surface area (Å²) in [5.41, 5.74) is 0. The van der Waals surface area contributed by atoms with Gasteiger partial charge in [-0.3, -0.25) is 0 Å². The Hall–Kier alpha value is -0.0400. The molecule has 2 fully saturated rings. The van der Waals surface area contributed by atoms with E-state index in [1.54, 1.807) is 0 Å². The maximum absolute atomic E-state index is 3.70. The summed E-state index contributed by atoms with van der Waals surface area (Å²) in [5, 5.41) is 3.70. The normalized spacial score (nSPS) is 25.7. The monoisotopic (exact) mass is 195 g/mol. The first-order valence-corrected chi connectivity index (χ1v) is 6.66. The van der Waals surface area contributed by atoms with E-state index >= 15 is 0 Å². The summed E-state index contributed by atoms with van der Waals surface area (Å²) in [6.45, 7) is 2.60. The molecule has 2 aliphatic rings. The van der Waals surface area contributed by atoms with Gasteiger partial charge >= 0.3 is 0 Å². The van der Waals surface area contributed by atoms with Gasteiger partial charge in [0.1, 0.15) is 0 Å². The molecule has 1 nitrogen and oxygen atoms in total. The molecule has 1 N–H and O–H groups in total. The zero-order valence-corrected chi connectivity index (χ0v) is 9.43. The van der Waals surface area contributed by atoms with E-state index in [4.69, 9.17) is 0 Å². The van der Waals surface area contributed by atoms with Crippen LogP contribution < -0.4 is 5.32 Å². The lowest BCUT2D eigenvalue weighted by molar-refractivity contribution is 0.332. The van der Waals surface area contributed by atoms with Gasteiger partial charge in [0.2, 0.25) is 0 Å². The molecule has 0 heterocycles. The van der Waals surface area contributed by atoms with Crippen molar-refractivity contribution in [3.8, 4) is 0 Å². The van der Waals surface area contributed by atoms with Gasteiger partial charge < -0.3 is 5.32 Å². The molecule has 14 heavy (non-hydrogen) atoms. The lowest BCUT2D eigenvalue weighted by Crippen LogP contribution is -2.28. The SMILES string of the molecule is C1CCC(CNCC2CCCC2)CC1. The Morgan fingerprint density at radius 3 is 1.57 bits per heavy atom.